The standard InChI is InChI=1S/2C32H39ClN6O4.C29H35ClN6O4S/c2*1-20(2)42-30(40)36-28(26-18-34-19-37(26)6)25-16-21-8-7-11-35-27(21)29(23-10-9-22(33)17-24(23)25)38-12-14-39(15-13-38)31(41)43-32(3,4)5;1-29(2,3)40-28(37)36-13-11-35(12-14-36)27-21-9-8-20(30)16-22(21)23(15-19-7-6-10-32-25(19)27)26(33-41(5,38)39)24-17-31-18-34(24)4/h2*7-11,16-20,28-29H,12-15H2,1-6H3,(H,36,40);6-10,15-18,26-27,33H,11-14H2,1-5H3/t2*28?,29-;26?,27-/m000/s1. The summed E-state index contributed by atoms with van der Waals surface area (Å²) in [6.07, 6.45) is 20.3. The topological polar surface area (TPSA) is 313 Å². The Morgan fingerprint density at radius 3 is 0.945 bits per heavy atom. The molecule has 3 N–H and O–H groups in total. The second-order valence-corrected chi connectivity index (χ2v) is 38.9. The van der Waals surface area contributed by atoms with Crippen LogP contribution in [0.4, 0.5) is 24.0 Å². The summed E-state index contributed by atoms with van der Waals surface area (Å²) in [4.78, 5) is 104. The molecule has 0 spiro atoms. The Morgan fingerprint density at radius 1 is 0.417 bits per heavy atom. The number of hydrogen-bond donors (Lipinski definition) is 3. The number of pyridine rings is 3. The molecule has 3 saturated heterocycles. The third-order valence-corrected chi connectivity index (χ3v) is 23.5. The zero-order chi connectivity index (χ0) is 91.3. The smallest absolute Gasteiger partial charge is 0.410 e. The van der Waals surface area contributed by atoms with E-state index in [1.807, 2.05) is 217 Å². The number of piperazine rings is 3. The first-order valence-corrected chi connectivity index (χ1v) is 45.5. The van der Waals surface area contributed by atoms with Crippen LogP contribution in [0.5, 0.6) is 0 Å². The van der Waals surface area contributed by atoms with Gasteiger partial charge in [0.2, 0.25) is 10.0 Å². The molecule has 6 aromatic heterocycles. The summed E-state index contributed by atoms with van der Waals surface area (Å²) >= 11 is 19.8. The van der Waals surface area contributed by atoms with Gasteiger partial charge in [0.1, 0.15) is 16.8 Å². The van der Waals surface area contributed by atoms with E-state index in [0.29, 0.717) is 99.3 Å². The van der Waals surface area contributed by atoms with E-state index in [1.165, 1.54) is 0 Å². The van der Waals surface area contributed by atoms with Crippen molar-refractivity contribution in [2.45, 2.75) is 155 Å². The molecule has 127 heavy (non-hydrogen) atoms. The summed E-state index contributed by atoms with van der Waals surface area (Å²) in [6.45, 7) is 30.9. The Labute approximate surface area is 757 Å². The van der Waals surface area contributed by atoms with Gasteiger partial charge in [0.25, 0.3) is 0 Å². The Balaban J connectivity index is 0.000000163. The highest BCUT2D eigenvalue weighted by Gasteiger charge is 2.43. The van der Waals surface area contributed by atoms with E-state index in [-0.39, 0.29) is 48.6 Å². The molecule has 0 bridgehead atoms. The van der Waals surface area contributed by atoms with Crippen LogP contribution in [0.15, 0.2) is 147 Å². The fraction of sp³-hybridized carbons (Fsp3) is 0.430. The van der Waals surface area contributed by atoms with Gasteiger partial charge in [0.05, 0.1) is 126 Å². The number of aromatic nitrogens is 9. The molecule has 6 aliphatic rings. The number of rotatable bonds is 15. The van der Waals surface area contributed by atoms with Crippen molar-refractivity contribution in [2.75, 3.05) is 84.8 Å². The number of ether oxygens (including phenoxy) is 5. The number of fused-ring (bicyclic) bond motifs is 6. The number of carbonyl (C=O) groups is 5. The Bertz CT molecular complexity index is 5500. The summed E-state index contributed by atoms with van der Waals surface area (Å²) in [5.41, 5.74) is 13.9. The quantitative estimate of drug-likeness (QED) is 0.0803. The second kappa shape index (κ2) is 39.3. The minimum atomic E-state index is -3.62. The number of amides is 5. The average Bonchev–Trinajstić information content (AvgIpc) is 1.63. The lowest BCUT2D eigenvalue weighted by atomic mass is 9.90. The molecule has 3 unspecified atom stereocenters. The molecular weight excluding hydrogens is 1700 g/mol. The average molecular weight is 1810 g/mol. The molecule has 3 aromatic carbocycles. The van der Waals surface area contributed by atoms with Crippen LogP contribution in [0, 0.1) is 0 Å². The van der Waals surface area contributed by atoms with Gasteiger partial charge >= 0.3 is 30.5 Å². The van der Waals surface area contributed by atoms with Crippen molar-refractivity contribution in [1.29, 1.82) is 0 Å². The molecule has 6 atom stereocenters. The molecular formula is C93H113Cl3N18O12S. The lowest BCUT2D eigenvalue weighted by Gasteiger charge is -2.40. The van der Waals surface area contributed by atoms with E-state index in [0.717, 1.165) is 102 Å². The summed E-state index contributed by atoms with van der Waals surface area (Å²) in [7, 11) is 2.00. The Hall–Kier alpha value is -11.0. The van der Waals surface area contributed by atoms with Crippen LogP contribution in [0.2, 0.25) is 15.1 Å². The number of nitrogens with one attached hydrogen (secondary N) is 3. The summed E-state index contributed by atoms with van der Waals surface area (Å²) in [5.74, 6) is 0. The zero-order valence-corrected chi connectivity index (χ0v) is 77.9. The first-order valence-electron chi connectivity index (χ1n) is 42.5. The van der Waals surface area contributed by atoms with Gasteiger partial charge in [0, 0.05) is 133 Å². The maximum atomic E-state index is 13.0. The number of nitrogens with zero attached hydrogens (tertiary/aromatic N) is 15. The van der Waals surface area contributed by atoms with Gasteiger partial charge in [0.15, 0.2) is 0 Å². The van der Waals surface area contributed by atoms with Crippen molar-refractivity contribution in [3.63, 3.8) is 0 Å². The van der Waals surface area contributed by atoms with Crippen molar-refractivity contribution in [3.05, 3.63) is 246 Å². The number of alkyl carbamates (subject to hydrolysis) is 2. The van der Waals surface area contributed by atoms with Gasteiger partial charge in [-0.05, 0) is 230 Å². The largest absolute Gasteiger partial charge is 0.447 e. The maximum Gasteiger partial charge on any atom is 0.410 e. The molecule has 0 radical (unpaired) electrons. The molecule has 674 valence electrons. The van der Waals surface area contributed by atoms with Gasteiger partial charge in [-0.1, -0.05) is 71.2 Å². The van der Waals surface area contributed by atoms with Crippen LogP contribution in [-0.2, 0) is 54.9 Å². The summed E-state index contributed by atoms with van der Waals surface area (Å²) < 4.78 is 61.5. The lowest BCUT2D eigenvalue weighted by molar-refractivity contribution is 0.0109. The molecule has 3 aliphatic heterocycles. The molecule has 3 fully saturated rings. The van der Waals surface area contributed by atoms with Crippen LogP contribution in [0.1, 0.15) is 210 Å². The van der Waals surface area contributed by atoms with Gasteiger partial charge in [-0.25, -0.2) is 52.1 Å². The van der Waals surface area contributed by atoms with Crippen LogP contribution in [0.25, 0.3) is 34.9 Å². The fourth-order valence-corrected chi connectivity index (χ4v) is 17.8. The van der Waals surface area contributed by atoms with E-state index in [1.54, 1.807) is 75.4 Å². The lowest BCUT2D eigenvalue weighted by Crippen LogP contribution is -2.51. The van der Waals surface area contributed by atoms with Crippen LogP contribution < -0.4 is 15.4 Å². The number of carbonyl (C=O) groups excluding carboxylic acids is 5. The molecule has 34 heteroatoms. The number of halogens is 3. The number of sulfonamides is 1. The first kappa shape index (κ1) is 93.6. The minimum absolute atomic E-state index is 0.215. The Morgan fingerprint density at radius 2 is 0.693 bits per heavy atom. The van der Waals surface area contributed by atoms with E-state index in [9.17, 15) is 32.4 Å². The number of hydrogen-bond acceptors (Lipinski definition) is 21. The normalized spacial score (nSPS) is 18.1. The van der Waals surface area contributed by atoms with E-state index in [4.69, 9.17) is 73.4 Å². The predicted molar refractivity (Wildman–Crippen MR) is 490 cm³/mol. The van der Waals surface area contributed by atoms with Crippen LogP contribution >= 0.6 is 34.8 Å². The Kier molecular flexibility index (Phi) is 29.0. The zero-order valence-electron chi connectivity index (χ0n) is 74.8. The van der Waals surface area contributed by atoms with Crippen molar-refractivity contribution in [3.8, 4) is 0 Å². The highest BCUT2D eigenvalue weighted by atomic mass is 35.5. The third kappa shape index (κ3) is 22.9. The van der Waals surface area contributed by atoms with Crippen LogP contribution in [0.3, 0.4) is 0 Å². The van der Waals surface area contributed by atoms with Crippen molar-refractivity contribution < 1.29 is 56.1 Å². The van der Waals surface area contributed by atoms with E-state index in [2.05, 4.69) is 57.2 Å². The van der Waals surface area contributed by atoms with Crippen molar-refractivity contribution >= 4 is 110 Å². The van der Waals surface area contributed by atoms with Crippen molar-refractivity contribution in [1.82, 2.24) is 88.4 Å². The maximum absolute atomic E-state index is 13.0. The fourth-order valence-electron chi connectivity index (χ4n) is 16.7. The molecule has 9 aromatic rings. The van der Waals surface area contributed by atoms with Gasteiger partial charge in [-0.2, -0.15) is 0 Å². The molecule has 5 amide bonds. The molecule has 3 aliphatic carbocycles. The summed E-state index contributed by atoms with van der Waals surface area (Å²) in [5, 5.41) is 7.85. The molecule has 9 heterocycles. The highest BCUT2D eigenvalue weighted by molar-refractivity contribution is 7.88. The second-order valence-electron chi connectivity index (χ2n) is 35.8. The molecule has 15 rings (SSSR count). The van der Waals surface area contributed by atoms with Crippen LogP contribution in [-0.4, -0.2) is 226 Å². The predicted octanol–water partition coefficient (Wildman–Crippen LogP) is 15.9. The van der Waals surface area contributed by atoms with Gasteiger partial charge in [-0.15, -0.1) is 0 Å². The number of imidazole rings is 3. The van der Waals surface area contributed by atoms with Gasteiger partial charge < -0.3 is 62.7 Å². The number of benzene rings is 3. The third-order valence-electron chi connectivity index (χ3n) is 22.1. The highest BCUT2D eigenvalue weighted by Crippen LogP contribution is 2.49. The SMILES string of the molecule is CC(C)OC(=O)NC(C1=Cc2cccnc2[C@@H](N2CCN(C(=O)OC(C)(C)C)CC2)c2ccc(Cl)cc21)c1cncn1C.CC(C)OC(=O)NC(C1=Cc2cccnc2[C@@H](N2CCN(C(=O)OC(C)(C)C)CC2)c2ccc(Cl)cc21)c1cncn1C.Cn1cncc1C(NS(C)(=O)=O)C1=Cc2cccnc2[C@@H](N2CCN(C(=O)OC(C)(C)C)CC2)c2ccc(Cl)cc21. The van der Waals surface area contributed by atoms with Crippen molar-refractivity contribution in [2.24, 2.45) is 21.1 Å². The van der Waals surface area contributed by atoms with E-state index >= 15 is 0 Å². The summed E-state index contributed by atoms with van der Waals surface area (Å²) in [6, 6.07) is 26.6. The minimum Gasteiger partial charge on any atom is -0.447 e. The molecule has 30 nitrogen and oxygen atoms in total. The number of aryl methyl sites for hydroxylation is 3. The first-order chi connectivity index (χ1) is 60.1. The monoisotopic (exact) mass is 1810 g/mol. The molecule has 0 saturated carbocycles. The van der Waals surface area contributed by atoms with Gasteiger partial charge in [-0.3, -0.25) is 29.7 Å². The van der Waals surface area contributed by atoms with E-state index < -0.39 is 57.1 Å².